The number of aromatic amines is 1. The molecule has 0 amide bonds. The molecule has 0 aliphatic heterocycles. The molecule has 18 heavy (non-hydrogen) atoms. The lowest BCUT2D eigenvalue weighted by atomic mass is 10.0. The Morgan fingerprint density at radius 1 is 1.39 bits per heavy atom. The molecule has 1 aromatic carbocycles. The zero-order valence-electron chi connectivity index (χ0n) is 9.98. The summed E-state index contributed by atoms with van der Waals surface area (Å²) in [6.07, 6.45) is 1.39. The van der Waals surface area contributed by atoms with Gasteiger partial charge in [0.05, 0.1) is 6.33 Å². The first-order chi connectivity index (χ1) is 8.68. The number of rotatable bonds is 4. The molecule has 0 spiro atoms. The molecule has 0 radical (unpaired) electrons. The maximum Gasteiger partial charge on any atom is 0.267 e. The third-order valence-electron chi connectivity index (χ3n) is 2.74. The lowest BCUT2D eigenvalue weighted by Crippen LogP contribution is -2.15. The van der Waals surface area contributed by atoms with E-state index in [0.29, 0.717) is 16.2 Å². The minimum absolute atomic E-state index is 0.181. The van der Waals surface area contributed by atoms with E-state index in [4.69, 9.17) is 0 Å². The van der Waals surface area contributed by atoms with Crippen molar-refractivity contribution < 1.29 is 0 Å². The number of hydrogen-bond acceptors (Lipinski definition) is 3. The number of halogens is 1. The van der Waals surface area contributed by atoms with Gasteiger partial charge in [-0.25, -0.2) is 4.98 Å². The van der Waals surface area contributed by atoms with E-state index in [1.807, 2.05) is 18.2 Å². The van der Waals surface area contributed by atoms with Gasteiger partial charge < -0.3 is 10.3 Å². The van der Waals surface area contributed by atoms with Crippen LogP contribution in [0.4, 0.5) is 5.82 Å². The molecule has 1 heterocycles. The van der Waals surface area contributed by atoms with Crippen molar-refractivity contribution in [2.24, 2.45) is 0 Å². The van der Waals surface area contributed by atoms with Crippen LogP contribution in [0.25, 0.3) is 0 Å². The Morgan fingerprint density at radius 2 is 2.11 bits per heavy atom. The SMILES string of the molecule is CC(CNc1nc[nH]c(=O)c1Br)c1ccccc1. The molecule has 0 saturated heterocycles. The Hall–Kier alpha value is -1.62. The van der Waals surface area contributed by atoms with Crippen LogP contribution in [0.2, 0.25) is 0 Å². The summed E-state index contributed by atoms with van der Waals surface area (Å²) in [6.45, 7) is 2.85. The fourth-order valence-corrected chi connectivity index (χ4v) is 2.01. The van der Waals surface area contributed by atoms with Gasteiger partial charge in [-0.1, -0.05) is 37.3 Å². The van der Waals surface area contributed by atoms with E-state index in [1.165, 1.54) is 11.9 Å². The summed E-state index contributed by atoms with van der Waals surface area (Å²) in [4.78, 5) is 18.0. The molecular weight excluding hydrogens is 294 g/mol. The van der Waals surface area contributed by atoms with Crippen molar-refractivity contribution in [3.05, 3.63) is 57.0 Å². The van der Waals surface area contributed by atoms with Crippen molar-refractivity contribution in [2.45, 2.75) is 12.8 Å². The predicted molar refractivity (Wildman–Crippen MR) is 75.9 cm³/mol. The summed E-state index contributed by atoms with van der Waals surface area (Å²) >= 11 is 3.22. The van der Waals surface area contributed by atoms with Crippen molar-refractivity contribution in [3.63, 3.8) is 0 Å². The lowest BCUT2D eigenvalue weighted by molar-refractivity contribution is 0.799. The van der Waals surface area contributed by atoms with Crippen molar-refractivity contribution in [1.82, 2.24) is 9.97 Å². The Balaban J connectivity index is 2.04. The Morgan fingerprint density at radius 3 is 2.83 bits per heavy atom. The van der Waals surface area contributed by atoms with Gasteiger partial charge in [0.2, 0.25) is 0 Å². The number of hydrogen-bond donors (Lipinski definition) is 2. The van der Waals surface area contributed by atoms with E-state index in [-0.39, 0.29) is 5.56 Å². The van der Waals surface area contributed by atoms with Crippen molar-refractivity contribution in [2.75, 3.05) is 11.9 Å². The number of H-pyrrole nitrogens is 1. The molecule has 1 aromatic heterocycles. The maximum atomic E-state index is 11.4. The number of nitrogens with one attached hydrogen (secondary N) is 2. The molecule has 1 unspecified atom stereocenters. The highest BCUT2D eigenvalue weighted by atomic mass is 79.9. The van der Waals surface area contributed by atoms with Crippen LogP contribution in [0, 0.1) is 0 Å². The largest absolute Gasteiger partial charge is 0.368 e. The van der Waals surface area contributed by atoms with Gasteiger partial charge in [-0.15, -0.1) is 0 Å². The van der Waals surface area contributed by atoms with Crippen LogP contribution in [-0.4, -0.2) is 16.5 Å². The molecule has 4 nitrogen and oxygen atoms in total. The Kier molecular flexibility index (Phi) is 4.15. The van der Waals surface area contributed by atoms with Crippen LogP contribution >= 0.6 is 15.9 Å². The van der Waals surface area contributed by atoms with Gasteiger partial charge in [-0.3, -0.25) is 4.79 Å². The minimum Gasteiger partial charge on any atom is -0.368 e. The summed E-state index contributed by atoms with van der Waals surface area (Å²) < 4.78 is 0.435. The van der Waals surface area contributed by atoms with Crippen LogP contribution in [0.15, 0.2) is 45.9 Å². The summed E-state index contributed by atoms with van der Waals surface area (Å²) in [5.41, 5.74) is 1.07. The van der Waals surface area contributed by atoms with E-state index < -0.39 is 0 Å². The zero-order chi connectivity index (χ0) is 13.0. The number of nitrogens with zero attached hydrogens (tertiary/aromatic N) is 1. The normalized spacial score (nSPS) is 12.1. The molecule has 94 valence electrons. The molecule has 0 bridgehead atoms. The molecule has 0 fully saturated rings. The van der Waals surface area contributed by atoms with Crippen molar-refractivity contribution in [3.8, 4) is 0 Å². The van der Waals surface area contributed by atoms with Crippen molar-refractivity contribution in [1.29, 1.82) is 0 Å². The summed E-state index contributed by atoms with van der Waals surface area (Å²) in [6, 6.07) is 10.2. The van der Waals surface area contributed by atoms with E-state index in [9.17, 15) is 4.79 Å². The fourth-order valence-electron chi connectivity index (χ4n) is 1.66. The number of aromatic nitrogens is 2. The molecule has 2 rings (SSSR count). The highest BCUT2D eigenvalue weighted by Crippen LogP contribution is 2.18. The smallest absolute Gasteiger partial charge is 0.267 e. The standard InChI is InChI=1S/C13H14BrN3O/c1-9(10-5-3-2-4-6-10)7-15-12-11(14)13(18)17-8-16-12/h2-6,8-9H,7H2,1H3,(H2,15,16,17,18). The second kappa shape index (κ2) is 5.82. The highest BCUT2D eigenvalue weighted by molar-refractivity contribution is 9.10. The molecular formula is C13H14BrN3O. The average molecular weight is 308 g/mol. The molecule has 1 atom stereocenters. The monoisotopic (exact) mass is 307 g/mol. The van der Waals surface area contributed by atoms with Gasteiger partial charge in [0, 0.05) is 6.54 Å². The molecule has 2 N–H and O–H groups in total. The van der Waals surface area contributed by atoms with E-state index >= 15 is 0 Å². The zero-order valence-corrected chi connectivity index (χ0v) is 11.6. The van der Waals surface area contributed by atoms with E-state index in [1.54, 1.807) is 0 Å². The van der Waals surface area contributed by atoms with Crippen molar-refractivity contribution >= 4 is 21.7 Å². The third kappa shape index (κ3) is 2.98. The first-order valence-corrected chi connectivity index (χ1v) is 6.50. The van der Waals surface area contributed by atoms with E-state index in [2.05, 4.69) is 50.3 Å². The van der Waals surface area contributed by atoms with Crippen LogP contribution in [0.3, 0.4) is 0 Å². The minimum atomic E-state index is -0.181. The Labute approximate surface area is 114 Å². The first-order valence-electron chi connectivity index (χ1n) is 5.70. The molecule has 0 aliphatic carbocycles. The quantitative estimate of drug-likeness (QED) is 0.913. The number of benzene rings is 1. The van der Waals surface area contributed by atoms with E-state index in [0.717, 1.165) is 6.54 Å². The highest BCUT2D eigenvalue weighted by Gasteiger charge is 2.08. The first kappa shape index (κ1) is 12.8. The van der Waals surface area contributed by atoms with Gasteiger partial charge in [0.1, 0.15) is 10.3 Å². The summed E-state index contributed by atoms with van der Waals surface area (Å²) in [5, 5.41) is 3.17. The van der Waals surface area contributed by atoms with Gasteiger partial charge >= 0.3 is 0 Å². The average Bonchev–Trinajstić information content (AvgIpc) is 2.41. The van der Waals surface area contributed by atoms with Crippen LogP contribution in [0.1, 0.15) is 18.4 Å². The summed E-state index contributed by atoms with van der Waals surface area (Å²) in [7, 11) is 0. The molecule has 0 saturated carbocycles. The fraction of sp³-hybridized carbons (Fsp3) is 0.231. The number of anilines is 1. The molecule has 5 heteroatoms. The summed E-state index contributed by atoms with van der Waals surface area (Å²) in [5.74, 6) is 0.917. The predicted octanol–water partition coefficient (Wildman–Crippen LogP) is 2.75. The van der Waals surface area contributed by atoms with Crippen LogP contribution in [-0.2, 0) is 0 Å². The molecule has 0 aliphatic rings. The maximum absolute atomic E-state index is 11.4. The van der Waals surface area contributed by atoms with Gasteiger partial charge in [0.25, 0.3) is 5.56 Å². The Bertz CT molecular complexity index is 568. The van der Waals surface area contributed by atoms with Gasteiger partial charge in [0.15, 0.2) is 0 Å². The van der Waals surface area contributed by atoms with Crippen LogP contribution < -0.4 is 10.9 Å². The molecule has 2 aromatic rings. The van der Waals surface area contributed by atoms with Gasteiger partial charge in [-0.05, 0) is 27.4 Å². The second-order valence-electron chi connectivity index (χ2n) is 4.09. The lowest BCUT2D eigenvalue weighted by Gasteiger charge is -2.13. The third-order valence-corrected chi connectivity index (χ3v) is 3.48. The van der Waals surface area contributed by atoms with Crippen LogP contribution in [0.5, 0.6) is 0 Å². The van der Waals surface area contributed by atoms with Gasteiger partial charge in [-0.2, -0.15) is 0 Å². The topological polar surface area (TPSA) is 57.8 Å². The second-order valence-corrected chi connectivity index (χ2v) is 4.88.